The van der Waals surface area contributed by atoms with E-state index >= 15 is 0 Å². The maximum absolute atomic E-state index is 13.5. The molecule has 0 bridgehead atoms. The summed E-state index contributed by atoms with van der Waals surface area (Å²) in [5.41, 5.74) is -0.126. The SMILES string of the molecule is N#Cc1ccc(Oc2ccc(CO)cc2[N+](=O)[O-])cc1F. The van der Waals surface area contributed by atoms with Crippen molar-refractivity contribution in [2.75, 3.05) is 0 Å². The summed E-state index contributed by atoms with van der Waals surface area (Å²) in [5.74, 6) is -0.822. The van der Waals surface area contributed by atoms with Crippen molar-refractivity contribution in [2.45, 2.75) is 6.61 Å². The van der Waals surface area contributed by atoms with E-state index < -0.39 is 10.7 Å². The van der Waals surface area contributed by atoms with E-state index in [1.165, 1.54) is 30.3 Å². The van der Waals surface area contributed by atoms with Gasteiger partial charge in [-0.3, -0.25) is 10.1 Å². The molecule has 0 spiro atoms. The Balaban J connectivity index is 2.37. The number of benzene rings is 2. The van der Waals surface area contributed by atoms with Crippen molar-refractivity contribution >= 4 is 5.69 Å². The highest BCUT2D eigenvalue weighted by atomic mass is 19.1. The maximum Gasteiger partial charge on any atom is 0.311 e. The molecule has 0 amide bonds. The van der Waals surface area contributed by atoms with Crippen molar-refractivity contribution in [3.63, 3.8) is 0 Å². The lowest BCUT2D eigenvalue weighted by atomic mass is 10.2. The Kier molecular flexibility index (Phi) is 4.11. The van der Waals surface area contributed by atoms with Gasteiger partial charge in [-0.25, -0.2) is 4.39 Å². The molecule has 0 radical (unpaired) electrons. The largest absolute Gasteiger partial charge is 0.450 e. The Bertz CT molecular complexity index is 740. The van der Waals surface area contributed by atoms with Gasteiger partial charge < -0.3 is 9.84 Å². The minimum atomic E-state index is -0.773. The Hall–Kier alpha value is -2.98. The molecule has 0 unspecified atom stereocenters. The summed E-state index contributed by atoms with van der Waals surface area (Å²) in [7, 11) is 0. The first-order valence-corrected chi connectivity index (χ1v) is 5.81. The van der Waals surface area contributed by atoms with Crippen LogP contribution in [0.1, 0.15) is 11.1 Å². The predicted octanol–water partition coefficient (Wildman–Crippen LogP) is 2.89. The Morgan fingerprint density at radius 2 is 2.10 bits per heavy atom. The first kappa shape index (κ1) is 14.4. The number of nitro benzene ring substituents is 1. The highest BCUT2D eigenvalue weighted by molar-refractivity contribution is 5.51. The van der Waals surface area contributed by atoms with Crippen LogP contribution in [0.25, 0.3) is 0 Å². The average molecular weight is 288 g/mol. The summed E-state index contributed by atoms with van der Waals surface area (Å²) in [6.45, 7) is -0.341. The molecule has 2 aromatic carbocycles. The normalized spacial score (nSPS) is 9.95. The number of nitro groups is 1. The number of hydrogen-bond acceptors (Lipinski definition) is 5. The topological polar surface area (TPSA) is 96.4 Å². The van der Waals surface area contributed by atoms with Crippen LogP contribution in [0.15, 0.2) is 36.4 Å². The van der Waals surface area contributed by atoms with Gasteiger partial charge in [-0.15, -0.1) is 0 Å². The molecule has 1 N–H and O–H groups in total. The van der Waals surface area contributed by atoms with Gasteiger partial charge in [0.2, 0.25) is 5.75 Å². The number of nitrogens with zero attached hydrogens (tertiary/aromatic N) is 2. The van der Waals surface area contributed by atoms with Gasteiger partial charge in [-0.2, -0.15) is 5.26 Å². The van der Waals surface area contributed by atoms with Gasteiger partial charge in [0.25, 0.3) is 0 Å². The second kappa shape index (κ2) is 5.98. The molecule has 6 nitrogen and oxygen atoms in total. The number of nitriles is 1. The van der Waals surface area contributed by atoms with Crippen molar-refractivity contribution in [3.8, 4) is 17.6 Å². The van der Waals surface area contributed by atoms with Gasteiger partial charge in [0.15, 0.2) is 0 Å². The summed E-state index contributed by atoms with van der Waals surface area (Å²) in [4.78, 5) is 10.3. The number of hydrogen-bond donors (Lipinski definition) is 1. The van der Waals surface area contributed by atoms with E-state index in [9.17, 15) is 14.5 Å². The average Bonchev–Trinajstić information content (AvgIpc) is 2.47. The van der Waals surface area contributed by atoms with Crippen LogP contribution in [0, 0.1) is 27.3 Å². The van der Waals surface area contributed by atoms with E-state index in [1.807, 2.05) is 0 Å². The minimum absolute atomic E-state index is 0.0337. The molecule has 0 saturated carbocycles. The molecular formula is C14H9FN2O4. The van der Waals surface area contributed by atoms with E-state index in [4.69, 9.17) is 15.1 Å². The molecule has 2 aromatic rings. The van der Waals surface area contributed by atoms with Crippen LogP contribution in [0.4, 0.5) is 10.1 Å². The summed E-state index contributed by atoms with van der Waals surface area (Å²) < 4.78 is 18.7. The lowest BCUT2D eigenvalue weighted by molar-refractivity contribution is -0.385. The van der Waals surface area contributed by atoms with Crippen LogP contribution in [0.3, 0.4) is 0 Å². The van der Waals surface area contributed by atoms with Crippen molar-refractivity contribution in [3.05, 3.63) is 63.5 Å². The second-order valence-corrected chi connectivity index (χ2v) is 4.07. The molecule has 7 heteroatoms. The van der Waals surface area contributed by atoms with Crippen LogP contribution in [-0.4, -0.2) is 10.0 Å². The third kappa shape index (κ3) is 3.13. The van der Waals surface area contributed by atoms with Crippen LogP contribution in [-0.2, 0) is 6.61 Å². The van der Waals surface area contributed by atoms with Gasteiger partial charge in [-0.1, -0.05) is 6.07 Å². The highest BCUT2D eigenvalue weighted by Crippen LogP contribution is 2.32. The van der Waals surface area contributed by atoms with Crippen LogP contribution >= 0.6 is 0 Å². The Morgan fingerprint density at radius 3 is 2.67 bits per heavy atom. The molecule has 0 aliphatic heterocycles. The van der Waals surface area contributed by atoms with E-state index in [-0.39, 0.29) is 29.4 Å². The first-order valence-electron chi connectivity index (χ1n) is 5.81. The quantitative estimate of drug-likeness (QED) is 0.689. The van der Waals surface area contributed by atoms with Gasteiger partial charge in [-0.05, 0) is 23.8 Å². The fraction of sp³-hybridized carbons (Fsp3) is 0.0714. The van der Waals surface area contributed by atoms with Crippen molar-refractivity contribution in [1.82, 2.24) is 0 Å². The number of rotatable bonds is 4. The third-order valence-corrected chi connectivity index (χ3v) is 2.69. The predicted molar refractivity (Wildman–Crippen MR) is 70.2 cm³/mol. The Labute approximate surface area is 118 Å². The Morgan fingerprint density at radius 1 is 1.33 bits per heavy atom. The fourth-order valence-corrected chi connectivity index (χ4v) is 1.67. The molecule has 0 fully saturated rings. The minimum Gasteiger partial charge on any atom is -0.450 e. The molecule has 21 heavy (non-hydrogen) atoms. The van der Waals surface area contributed by atoms with Gasteiger partial charge in [0.1, 0.15) is 17.6 Å². The number of halogens is 1. The zero-order chi connectivity index (χ0) is 15.4. The van der Waals surface area contributed by atoms with Gasteiger partial charge in [0, 0.05) is 12.1 Å². The second-order valence-electron chi connectivity index (χ2n) is 4.07. The monoisotopic (exact) mass is 288 g/mol. The number of aliphatic hydroxyl groups excluding tert-OH is 1. The lowest BCUT2D eigenvalue weighted by Crippen LogP contribution is -1.96. The van der Waals surface area contributed by atoms with E-state index in [2.05, 4.69) is 0 Å². The standard InChI is InChI=1S/C14H9FN2O4/c15-12-6-11(3-2-10(12)7-16)21-14-4-1-9(8-18)5-13(14)17(19)20/h1-6,18H,8H2. The highest BCUT2D eigenvalue weighted by Gasteiger charge is 2.17. The molecule has 0 heterocycles. The maximum atomic E-state index is 13.5. The zero-order valence-corrected chi connectivity index (χ0v) is 10.6. The molecule has 0 atom stereocenters. The van der Waals surface area contributed by atoms with E-state index in [0.29, 0.717) is 5.56 Å². The smallest absolute Gasteiger partial charge is 0.311 e. The number of aliphatic hydroxyl groups is 1. The molecule has 0 aliphatic rings. The molecule has 106 valence electrons. The van der Waals surface area contributed by atoms with E-state index in [0.717, 1.165) is 6.07 Å². The van der Waals surface area contributed by atoms with Crippen LogP contribution in [0.2, 0.25) is 0 Å². The third-order valence-electron chi connectivity index (χ3n) is 2.69. The molecular weight excluding hydrogens is 279 g/mol. The van der Waals surface area contributed by atoms with Gasteiger partial charge >= 0.3 is 5.69 Å². The summed E-state index contributed by atoms with van der Waals surface area (Å²) in [5, 5.41) is 28.6. The fourth-order valence-electron chi connectivity index (χ4n) is 1.67. The van der Waals surface area contributed by atoms with Crippen molar-refractivity contribution in [2.24, 2.45) is 0 Å². The summed E-state index contributed by atoms with van der Waals surface area (Å²) >= 11 is 0. The zero-order valence-electron chi connectivity index (χ0n) is 10.6. The first-order chi connectivity index (χ1) is 10.0. The van der Waals surface area contributed by atoms with E-state index in [1.54, 1.807) is 6.07 Å². The summed E-state index contributed by atoms with van der Waals surface area (Å²) in [6, 6.07) is 9.15. The van der Waals surface area contributed by atoms with Crippen molar-refractivity contribution in [1.29, 1.82) is 5.26 Å². The van der Waals surface area contributed by atoms with Gasteiger partial charge in [0.05, 0.1) is 17.1 Å². The van der Waals surface area contributed by atoms with Crippen molar-refractivity contribution < 1.29 is 19.2 Å². The number of ether oxygens (including phenoxy) is 1. The lowest BCUT2D eigenvalue weighted by Gasteiger charge is -2.07. The van der Waals surface area contributed by atoms with Crippen LogP contribution in [0.5, 0.6) is 11.5 Å². The van der Waals surface area contributed by atoms with Crippen LogP contribution < -0.4 is 4.74 Å². The molecule has 0 aliphatic carbocycles. The molecule has 2 rings (SSSR count). The molecule has 0 saturated heterocycles. The molecule has 0 aromatic heterocycles. The summed E-state index contributed by atoms with van der Waals surface area (Å²) in [6.07, 6.45) is 0.